The number of fused-ring (bicyclic) bond motifs is 1. The van der Waals surface area contributed by atoms with E-state index in [4.69, 9.17) is 9.47 Å². The van der Waals surface area contributed by atoms with Crippen LogP contribution in [-0.4, -0.2) is 18.2 Å². The number of benzene rings is 2. The van der Waals surface area contributed by atoms with Crippen LogP contribution < -0.4 is 14.8 Å². The Morgan fingerprint density at radius 1 is 1.08 bits per heavy atom. The zero-order valence-corrected chi connectivity index (χ0v) is 14.3. The number of anilines is 1. The van der Waals surface area contributed by atoms with Gasteiger partial charge in [0, 0.05) is 29.5 Å². The van der Waals surface area contributed by atoms with Crippen LogP contribution in [0.25, 0.3) is 11.3 Å². The van der Waals surface area contributed by atoms with Gasteiger partial charge in [-0.05, 0) is 24.3 Å². The maximum absolute atomic E-state index is 13.7. The second kappa shape index (κ2) is 7.11. The maximum Gasteiger partial charge on any atom is 0.183 e. The normalized spacial score (nSPS) is 13.3. The summed E-state index contributed by atoms with van der Waals surface area (Å²) < 4.78 is 25.1. The lowest BCUT2D eigenvalue weighted by atomic mass is 10.1. The van der Waals surface area contributed by atoms with Crippen LogP contribution in [0.3, 0.4) is 0 Å². The van der Waals surface area contributed by atoms with Crippen LogP contribution in [0.1, 0.15) is 12.0 Å². The van der Waals surface area contributed by atoms with Gasteiger partial charge in [0.1, 0.15) is 5.82 Å². The molecule has 0 bridgehead atoms. The summed E-state index contributed by atoms with van der Waals surface area (Å²) in [7, 11) is 0. The molecule has 0 aliphatic carbocycles. The number of nitrogens with one attached hydrogen (secondary N) is 1. The van der Waals surface area contributed by atoms with Crippen LogP contribution in [0.4, 0.5) is 9.52 Å². The Labute approximate surface area is 149 Å². The molecular formula is C19H17FN2O2S. The van der Waals surface area contributed by atoms with Crippen molar-refractivity contribution in [1.29, 1.82) is 0 Å². The molecule has 0 unspecified atom stereocenters. The summed E-state index contributed by atoms with van der Waals surface area (Å²) in [4.78, 5) is 4.59. The van der Waals surface area contributed by atoms with Crippen molar-refractivity contribution >= 4 is 16.5 Å². The van der Waals surface area contributed by atoms with Gasteiger partial charge in [-0.3, -0.25) is 0 Å². The van der Waals surface area contributed by atoms with Gasteiger partial charge in [-0.1, -0.05) is 18.2 Å². The van der Waals surface area contributed by atoms with E-state index in [1.807, 2.05) is 29.6 Å². The molecule has 0 spiro atoms. The van der Waals surface area contributed by atoms with Crippen molar-refractivity contribution in [2.24, 2.45) is 0 Å². The number of aromatic nitrogens is 1. The standard InChI is InChI=1S/C19H17FN2O2S/c20-15-5-2-1-4-14(15)11-21-19-22-16(12-25-19)13-6-7-17-18(10-13)24-9-3-8-23-17/h1-2,4-7,10,12H,3,8-9,11H2,(H,21,22). The Balaban J connectivity index is 1.49. The fourth-order valence-corrected chi connectivity index (χ4v) is 3.34. The molecule has 1 aliphatic heterocycles. The molecule has 2 heterocycles. The lowest BCUT2D eigenvalue weighted by Gasteiger charge is -2.08. The van der Waals surface area contributed by atoms with E-state index in [9.17, 15) is 4.39 Å². The molecule has 128 valence electrons. The second-order valence-electron chi connectivity index (χ2n) is 5.69. The molecule has 0 saturated heterocycles. The van der Waals surface area contributed by atoms with Gasteiger partial charge in [0.15, 0.2) is 16.6 Å². The molecule has 3 aromatic rings. The molecule has 2 aromatic carbocycles. The van der Waals surface area contributed by atoms with Gasteiger partial charge in [0.25, 0.3) is 0 Å². The van der Waals surface area contributed by atoms with Gasteiger partial charge in [-0.25, -0.2) is 9.37 Å². The molecule has 25 heavy (non-hydrogen) atoms. The van der Waals surface area contributed by atoms with Gasteiger partial charge in [-0.2, -0.15) is 0 Å². The Hall–Kier alpha value is -2.60. The van der Waals surface area contributed by atoms with E-state index < -0.39 is 0 Å². The fraction of sp³-hybridized carbons (Fsp3) is 0.211. The predicted molar refractivity (Wildman–Crippen MR) is 96.9 cm³/mol. The van der Waals surface area contributed by atoms with E-state index in [0.29, 0.717) is 25.3 Å². The van der Waals surface area contributed by atoms with E-state index in [1.165, 1.54) is 17.4 Å². The van der Waals surface area contributed by atoms with Crippen molar-refractivity contribution in [3.63, 3.8) is 0 Å². The summed E-state index contributed by atoms with van der Waals surface area (Å²) in [5.74, 6) is 1.31. The Morgan fingerprint density at radius 2 is 1.92 bits per heavy atom. The highest BCUT2D eigenvalue weighted by Gasteiger charge is 2.13. The molecule has 4 nitrogen and oxygen atoms in total. The summed E-state index contributed by atoms with van der Waals surface area (Å²) >= 11 is 1.49. The van der Waals surface area contributed by atoms with Crippen molar-refractivity contribution in [2.45, 2.75) is 13.0 Å². The smallest absolute Gasteiger partial charge is 0.183 e. The topological polar surface area (TPSA) is 43.4 Å². The molecule has 0 atom stereocenters. The highest BCUT2D eigenvalue weighted by molar-refractivity contribution is 7.14. The van der Waals surface area contributed by atoms with Crippen molar-refractivity contribution in [1.82, 2.24) is 4.98 Å². The van der Waals surface area contributed by atoms with Gasteiger partial charge >= 0.3 is 0 Å². The monoisotopic (exact) mass is 356 g/mol. The van der Waals surface area contributed by atoms with Crippen LogP contribution in [0.2, 0.25) is 0 Å². The van der Waals surface area contributed by atoms with Crippen LogP contribution in [0.5, 0.6) is 11.5 Å². The van der Waals surface area contributed by atoms with E-state index in [0.717, 1.165) is 34.3 Å². The van der Waals surface area contributed by atoms with E-state index >= 15 is 0 Å². The lowest BCUT2D eigenvalue weighted by Crippen LogP contribution is -2.01. The van der Waals surface area contributed by atoms with Crippen molar-refractivity contribution in [2.75, 3.05) is 18.5 Å². The summed E-state index contributed by atoms with van der Waals surface area (Å²) in [6.07, 6.45) is 0.880. The van der Waals surface area contributed by atoms with Gasteiger partial charge in [-0.15, -0.1) is 11.3 Å². The summed E-state index contributed by atoms with van der Waals surface area (Å²) in [5.41, 5.74) is 2.45. The molecular weight excluding hydrogens is 339 g/mol. The van der Waals surface area contributed by atoms with Gasteiger partial charge in [0.2, 0.25) is 0 Å². The lowest BCUT2D eigenvalue weighted by molar-refractivity contribution is 0.297. The molecule has 0 saturated carbocycles. The second-order valence-corrected chi connectivity index (χ2v) is 6.55. The first kappa shape index (κ1) is 15.9. The average molecular weight is 356 g/mol. The molecule has 1 N–H and O–H groups in total. The molecule has 0 fully saturated rings. The molecule has 1 aliphatic rings. The third kappa shape index (κ3) is 3.58. The van der Waals surface area contributed by atoms with E-state index in [-0.39, 0.29) is 5.82 Å². The maximum atomic E-state index is 13.7. The van der Waals surface area contributed by atoms with Crippen LogP contribution in [0.15, 0.2) is 47.8 Å². The quantitative estimate of drug-likeness (QED) is 0.734. The minimum absolute atomic E-state index is 0.213. The number of hydrogen-bond acceptors (Lipinski definition) is 5. The Bertz CT molecular complexity index is 881. The Kier molecular flexibility index (Phi) is 4.52. The van der Waals surface area contributed by atoms with E-state index in [2.05, 4.69) is 10.3 Å². The predicted octanol–water partition coefficient (Wildman–Crippen LogP) is 4.72. The number of ether oxygens (including phenoxy) is 2. The van der Waals surface area contributed by atoms with Crippen LogP contribution in [-0.2, 0) is 6.54 Å². The number of halogens is 1. The highest BCUT2D eigenvalue weighted by Crippen LogP contribution is 2.35. The van der Waals surface area contributed by atoms with Crippen molar-refractivity contribution in [3.8, 4) is 22.8 Å². The first-order valence-electron chi connectivity index (χ1n) is 8.12. The molecule has 0 amide bonds. The zero-order valence-electron chi connectivity index (χ0n) is 13.5. The molecule has 0 radical (unpaired) electrons. The fourth-order valence-electron chi connectivity index (χ4n) is 2.62. The Morgan fingerprint density at radius 3 is 2.80 bits per heavy atom. The molecule has 1 aromatic heterocycles. The minimum atomic E-state index is -0.213. The number of nitrogens with zero attached hydrogens (tertiary/aromatic N) is 1. The minimum Gasteiger partial charge on any atom is -0.490 e. The van der Waals surface area contributed by atoms with Crippen LogP contribution in [0, 0.1) is 5.82 Å². The van der Waals surface area contributed by atoms with E-state index in [1.54, 1.807) is 12.1 Å². The van der Waals surface area contributed by atoms with Crippen molar-refractivity contribution in [3.05, 3.63) is 59.2 Å². The number of hydrogen-bond donors (Lipinski definition) is 1. The molecule has 4 rings (SSSR count). The average Bonchev–Trinajstić information content (AvgIpc) is 2.98. The summed E-state index contributed by atoms with van der Waals surface area (Å²) in [6.45, 7) is 1.73. The number of rotatable bonds is 4. The molecule has 6 heteroatoms. The number of thiazole rings is 1. The van der Waals surface area contributed by atoms with Gasteiger partial charge in [0.05, 0.1) is 18.9 Å². The highest BCUT2D eigenvalue weighted by atomic mass is 32.1. The van der Waals surface area contributed by atoms with Crippen LogP contribution >= 0.6 is 11.3 Å². The first-order valence-corrected chi connectivity index (χ1v) is 9.00. The van der Waals surface area contributed by atoms with Gasteiger partial charge < -0.3 is 14.8 Å². The van der Waals surface area contributed by atoms with Crippen molar-refractivity contribution < 1.29 is 13.9 Å². The largest absolute Gasteiger partial charge is 0.490 e. The third-order valence-corrected chi connectivity index (χ3v) is 4.74. The third-order valence-electron chi connectivity index (χ3n) is 3.94. The first-order chi connectivity index (χ1) is 12.3. The summed E-state index contributed by atoms with van der Waals surface area (Å²) in [6, 6.07) is 12.6. The SMILES string of the molecule is Fc1ccccc1CNc1nc(-c2ccc3c(c2)OCCCO3)cs1. The zero-order chi connectivity index (χ0) is 17.1. The summed E-state index contributed by atoms with van der Waals surface area (Å²) in [5, 5.41) is 5.91.